The molecule has 1 aromatic rings. The van der Waals surface area contributed by atoms with Crippen molar-refractivity contribution < 1.29 is 18.1 Å². The molecule has 0 amide bonds. The zero-order valence-corrected chi connectivity index (χ0v) is 6.58. The minimum Gasteiger partial charge on any atom is -0.383 e. The van der Waals surface area contributed by atoms with Crippen molar-refractivity contribution in [2.24, 2.45) is 0 Å². The first-order chi connectivity index (χ1) is 6.34. The number of hydrogen-bond donors (Lipinski definition) is 1. The molecule has 8 heteroatoms. The molecule has 1 heterocycles. The van der Waals surface area contributed by atoms with E-state index in [1.807, 2.05) is 0 Å². The first kappa shape index (κ1) is 10.2. The number of halogens is 3. The topological polar surface area (TPSA) is 82.0 Å². The second-order valence-electron chi connectivity index (χ2n) is 2.35. The zero-order chi connectivity index (χ0) is 10.9. The summed E-state index contributed by atoms with van der Waals surface area (Å²) in [4.78, 5) is 12.2. The number of nitro groups is 1. The Kier molecular flexibility index (Phi) is 2.28. The van der Waals surface area contributed by atoms with Crippen LogP contribution in [0.2, 0.25) is 0 Å². The Bertz CT molecular complexity index is 377. The van der Waals surface area contributed by atoms with Crippen molar-refractivity contribution in [2.75, 3.05) is 5.73 Å². The standard InChI is InChI=1S/C6H4F3N3O2/c7-6(8,9)4-3(12(13)14)1-2-11-5(4)10/h1-2H,(H2,10,11). The van der Waals surface area contributed by atoms with Crippen LogP contribution in [0, 0.1) is 10.1 Å². The first-order valence-electron chi connectivity index (χ1n) is 3.30. The van der Waals surface area contributed by atoms with E-state index in [0.29, 0.717) is 6.07 Å². The Morgan fingerprint density at radius 1 is 1.50 bits per heavy atom. The van der Waals surface area contributed by atoms with Crippen LogP contribution >= 0.6 is 0 Å². The second-order valence-corrected chi connectivity index (χ2v) is 2.35. The van der Waals surface area contributed by atoms with Crippen molar-refractivity contribution >= 4 is 11.5 Å². The molecule has 5 nitrogen and oxygen atoms in total. The first-order valence-corrected chi connectivity index (χ1v) is 3.30. The molecular formula is C6H4F3N3O2. The maximum atomic E-state index is 12.2. The lowest BCUT2D eigenvalue weighted by atomic mass is 10.2. The summed E-state index contributed by atoms with van der Waals surface area (Å²) in [5.74, 6) is -0.897. The van der Waals surface area contributed by atoms with Crippen LogP contribution in [0.5, 0.6) is 0 Å². The van der Waals surface area contributed by atoms with Crippen molar-refractivity contribution in [3.05, 3.63) is 27.9 Å². The van der Waals surface area contributed by atoms with E-state index in [-0.39, 0.29) is 0 Å². The highest BCUT2D eigenvalue weighted by Crippen LogP contribution is 2.38. The van der Waals surface area contributed by atoms with Gasteiger partial charge in [0.1, 0.15) is 5.82 Å². The van der Waals surface area contributed by atoms with Crippen molar-refractivity contribution in [3.8, 4) is 0 Å². The van der Waals surface area contributed by atoms with Gasteiger partial charge in [0, 0.05) is 12.3 Å². The monoisotopic (exact) mass is 207 g/mol. The summed E-state index contributed by atoms with van der Waals surface area (Å²) in [5, 5.41) is 10.2. The molecule has 0 aliphatic heterocycles. The molecule has 0 unspecified atom stereocenters. The van der Waals surface area contributed by atoms with Crippen LogP contribution in [0.3, 0.4) is 0 Å². The van der Waals surface area contributed by atoms with Gasteiger partial charge < -0.3 is 5.73 Å². The lowest BCUT2D eigenvalue weighted by Gasteiger charge is -2.08. The average Bonchev–Trinajstić information content (AvgIpc) is 2.01. The van der Waals surface area contributed by atoms with E-state index in [1.165, 1.54) is 0 Å². The molecule has 0 spiro atoms. The van der Waals surface area contributed by atoms with E-state index in [9.17, 15) is 23.3 Å². The molecule has 0 saturated heterocycles. The van der Waals surface area contributed by atoms with Gasteiger partial charge in [-0.3, -0.25) is 10.1 Å². The summed E-state index contributed by atoms with van der Waals surface area (Å²) in [6.45, 7) is 0. The SMILES string of the molecule is Nc1nccc([N+](=O)[O-])c1C(F)(F)F. The van der Waals surface area contributed by atoms with Gasteiger partial charge in [0.25, 0.3) is 5.69 Å². The number of pyridine rings is 1. The number of alkyl halides is 3. The van der Waals surface area contributed by atoms with E-state index in [4.69, 9.17) is 5.73 Å². The number of anilines is 1. The Labute approximate surface area is 75.5 Å². The molecule has 0 aromatic carbocycles. The summed E-state index contributed by atoms with van der Waals surface area (Å²) in [6, 6.07) is 0.652. The van der Waals surface area contributed by atoms with Gasteiger partial charge in [-0.2, -0.15) is 13.2 Å². The van der Waals surface area contributed by atoms with Gasteiger partial charge in [-0.25, -0.2) is 4.98 Å². The molecule has 0 aliphatic rings. The third-order valence-corrected chi connectivity index (χ3v) is 1.44. The van der Waals surface area contributed by atoms with Crippen LogP contribution in [0.15, 0.2) is 12.3 Å². The van der Waals surface area contributed by atoms with Crippen molar-refractivity contribution in [3.63, 3.8) is 0 Å². The van der Waals surface area contributed by atoms with Gasteiger partial charge in [0.05, 0.1) is 4.92 Å². The molecule has 0 saturated carbocycles. The van der Waals surface area contributed by atoms with E-state index < -0.39 is 28.2 Å². The number of nitrogens with two attached hydrogens (primary N) is 1. The zero-order valence-electron chi connectivity index (χ0n) is 6.58. The lowest BCUT2D eigenvalue weighted by Crippen LogP contribution is -2.13. The third kappa shape index (κ3) is 1.73. The maximum absolute atomic E-state index is 12.2. The van der Waals surface area contributed by atoms with E-state index in [2.05, 4.69) is 4.98 Å². The van der Waals surface area contributed by atoms with Crippen molar-refractivity contribution in [1.82, 2.24) is 4.98 Å². The lowest BCUT2D eigenvalue weighted by molar-refractivity contribution is -0.388. The molecule has 1 aromatic heterocycles. The summed E-state index contributed by atoms with van der Waals surface area (Å²) in [6.07, 6.45) is -4.02. The predicted molar refractivity (Wildman–Crippen MR) is 40.3 cm³/mol. The molecule has 0 aliphatic carbocycles. The molecule has 14 heavy (non-hydrogen) atoms. The molecule has 2 N–H and O–H groups in total. The molecule has 76 valence electrons. The number of aromatic nitrogens is 1. The Hall–Kier alpha value is -1.86. The van der Waals surface area contributed by atoms with Crippen molar-refractivity contribution in [1.29, 1.82) is 0 Å². The Morgan fingerprint density at radius 3 is 2.43 bits per heavy atom. The van der Waals surface area contributed by atoms with Gasteiger partial charge in [0.2, 0.25) is 0 Å². The summed E-state index contributed by atoms with van der Waals surface area (Å²) < 4.78 is 36.7. The van der Waals surface area contributed by atoms with Crippen LogP contribution in [-0.2, 0) is 6.18 Å². The van der Waals surface area contributed by atoms with Crippen molar-refractivity contribution in [2.45, 2.75) is 6.18 Å². The fraction of sp³-hybridized carbons (Fsp3) is 0.167. The fourth-order valence-corrected chi connectivity index (χ4v) is 0.910. The molecule has 0 fully saturated rings. The van der Waals surface area contributed by atoms with Gasteiger partial charge in [-0.15, -0.1) is 0 Å². The fourth-order valence-electron chi connectivity index (χ4n) is 0.910. The number of rotatable bonds is 1. The molecule has 0 bridgehead atoms. The molecular weight excluding hydrogens is 203 g/mol. The van der Waals surface area contributed by atoms with Gasteiger partial charge in [0.15, 0.2) is 5.56 Å². The highest BCUT2D eigenvalue weighted by Gasteiger charge is 2.41. The van der Waals surface area contributed by atoms with E-state index in [0.717, 1.165) is 6.20 Å². The van der Waals surface area contributed by atoms with Crippen LogP contribution < -0.4 is 5.73 Å². The Balaban J connectivity index is 3.45. The highest BCUT2D eigenvalue weighted by molar-refractivity contribution is 5.54. The summed E-state index contributed by atoms with van der Waals surface area (Å²) >= 11 is 0. The smallest absolute Gasteiger partial charge is 0.383 e. The minimum atomic E-state index is -4.87. The number of hydrogen-bond acceptors (Lipinski definition) is 4. The third-order valence-electron chi connectivity index (χ3n) is 1.44. The molecule has 0 atom stereocenters. The van der Waals surface area contributed by atoms with Crippen LogP contribution in [0.4, 0.5) is 24.7 Å². The number of nitrogen functional groups attached to an aromatic ring is 1. The van der Waals surface area contributed by atoms with Gasteiger partial charge in [-0.05, 0) is 0 Å². The van der Waals surface area contributed by atoms with E-state index in [1.54, 1.807) is 0 Å². The quantitative estimate of drug-likeness (QED) is 0.559. The van der Waals surface area contributed by atoms with E-state index >= 15 is 0 Å². The number of nitrogens with zero attached hydrogens (tertiary/aromatic N) is 2. The summed E-state index contributed by atoms with van der Waals surface area (Å²) in [5.41, 5.74) is 2.31. The Morgan fingerprint density at radius 2 is 2.07 bits per heavy atom. The largest absolute Gasteiger partial charge is 0.426 e. The minimum absolute atomic E-state index is 0.652. The second kappa shape index (κ2) is 3.13. The average molecular weight is 207 g/mol. The van der Waals surface area contributed by atoms with Crippen LogP contribution in [0.25, 0.3) is 0 Å². The maximum Gasteiger partial charge on any atom is 0.426 e. The highest BCUT2D eigenvalue weighted by atomic mass is 19.4. The van der Waals surface area contributed by atoms with Crippen LogP contribution in [0.1, 0.15) is 5.56 Å². The molecule has 1 rings (SSSR count). The predicted octanol–water partition coefficient (Wildman–Crippen LogP) is 1.59. The van der Waals surface area contributed by atoms with Gasteiger partial charge in [-0.1, -0.05) is 0 Å². The van der Waals surface area contributed by atoms with Crippen LogP contribution in [-0.4, -0.2) is 9.91 Å². The molecule has 0 radical (unpaired) electrons. The van der Waals surface area contributed by atoms with Gasteiger partial charge >= 0.3 is 6.18 Å². The summed E-state index contributed by atoms with van der Waals surface area (Å²) in [7, 11) is 0. The normalized spacial score (nSPS) is 11.4.